The summed E-state index contributed by atoms with van der Waals surface area (Å²) in [7, 11) is 0. The fraction of sp³-hybridized carbons (Fsp3) is 0.250. The van der Waals surface area contributed by atoms with Crippen molar-refractivity contribution in [3.8, 4) is 0 Å². The van der Waals surface area contributed by atoms with E-state index in [0.717, 1.165) is 0 Å². The summed E-state index contributed by atoms with van der Waals surface area (Å²) in [5.74, 6) is 0. The summed E-state index contributed by atoms with van der Waals surface area (Å²) in [5, 5.41) is 10.6. The number of rotatable bonds is 3. The van der Waals surface area contributed by atoms with Gasteiger partial charge in [-0.3, -0.25) is 10.1 Å². The highest BCUT2D eigenvalue weighted by atomic mass is 35.5. The van der Waals surface area contributed by atoms with Crippen molar-refractivity contribution in [2.24, 2.45) is 0 Å². The van der Waals surface area contributed by atoms with Crippen molar-refractivity contribution in [1.82, 2.24) is 0 Å². The second-order valence-electron chi connectivity index (χ2n) is 2.21. The van der Waals surface area contributed by atoms with Crippen LogP contribution in [0.3, 0.4) is 0 Å². The van der Waals surface area contributed by atoms with Gasteiger partial charge in [-0.1, -0.05) is 24.3 Å². The molecular formula is C8H10ClNO2. The summed E-state index contributed by atoms with van der Waals surface area (Å²) in [6.07, 6.45) is 2.88. The average Bonchev–Trinajstić information content (AvgIpc) is 1.98. The molecule has 0 aliphatic carbocycles. The second kappa shape index (κ2) is 4.72. The number of nitro groups is 1. The van der Waals surface area contributed by atoms with Gasteiger partial charge in [0.25, 0.3) is 5.70 Å². The fourth-order valence-electron chi connectivity index (χ4n) is 0.607. The van der Waals surface area contributed by atoms with Gasteiger partial charge in [0.2, 0.25) is 0 Å². The molecule has 0 amide bonds. The number of nitrogens with zero attached hydrogens (tertiary/aromatic N) is 1. The molecule has 0 aliphatic heterocycles. The number of allylic oxidation sites excluding steroid dienone is 4. The molecule has 0 saturated heterocycles. The minimum atomic E-state index is -0.483. The Hall–Kier alpha value is -1.09. The van der Waals surface area contributed by atoms with Gasteiger partial charge >= 0.3 is 0 Å². The van der Waals surface area contributed by atoms with Crippen LogP contribution in [-0.2, 0) is 0 Å². The molecule has 0 aromatic heterocycles. The van der Waals surface area contributed by atoms with E-state index >= 15 is 0 Å². The molecule has 0 aliphatic rings. The molecule has 0 rings (SSSR count). The van der Waals surface area contributed by atoms with E-state index in [4.69, 9.17) is 11.6 Å². The minimum Gasteiger partial charge on any atom is -0.258 e. The quantitative estimate of drug-likeness (QED) is 0.387. The van der Waals surface area contributed by atoms with Crippen molar-refractivity contribution in [3.63, 3.8) is 0 Å². The molecule has 4 heteroatoms. The lowest BCUT2D eigenvalue weighted by molar-refractivity contribution is -0.420. The molecule has 0 spiro atoms. The predicted octanol–water partition coefficient (Wildman–Crippen LogP) is 2.87. The third kappa shape index (κ3) is 3.34. The average molecular weight is 188 g/mol. The van der Waals surface area contributed by atoms with Gasteiger partial charge in [-0.25, -0.2) is 0 Å². The third-order valence-electron chi connectivity index (χ3n) is 1.33. The lowest BCUT2D eigenvalue weighted by Crippen LogP contribution is -1.99. The van der Waals surface area contributed by atoms with E-state index < -0.39 is 4.92 Å². The fourth-order valence-corrected chi connectivity index (χ4v) is 0.710. The van der Waals surface area contributed by atoms with Gasteiger partial charge in [0, 0.05) is 16.7 Å². The summed E-state index contributed by atoms with van der Waals surface area (Å²) in [6.45, 7) is 6.72. The number of hydrogen-bond acceptors (Lipinski definition) is 2. The third-order valence-corrected chi connectivity index (χ3v) is 1.44. The van der Waals surface area contributed by atoms with Gasteiger partial charge in [-0.2, -0.15) is 0 Å². The van der Waals surface area contributed by atoms with Crippen LogP contribution in [-0.4, -0.2) is 4.92 Å². The van der Waals surface area contributed by atoms with E-state index in [-0.39, 0.29) is 10.7 Å². The normalized spacial score (nSPS) is 12.9. The van der Waals surface area contributed by atoms with Crippen LogP contribution in [0.2, 0.25) is 0 Å². The van der Waals surface area contributed by atoms with E-state index in [0.29, 0.717) is 5.57 Å². The molecule has 0 bridgehead atoms. The van der Waals surface area contributed by atoms with E-state index in [9.17, 15) is 10.1 Å². The molecule has 0 atom stereocenters. The van der Waals surface area contributed by atoms with Crippen molar-refractivity contribution in [1.29, 1.82) is 0 Å². The Morgan fingerprint density at radius 3 is 2.42 bits per heavy atom. The maximum atomic E-state index is 10.4. The highest BCUT2D eigenvalue weighted by molar-refractivity contribution is 6.30. The molecule has 0 saturated carbocycles. The molecule has 66 valence electrons. The Morgan fingerprint density at radius 2 is 2.17 bits per heavy atom. The van der Waals surface area contributed by atoms with Crippen LogP contribution >= 0.6 is 11.6 Å². The summed E-state index contributed by atoms with van der Waals surface area (Å²) < 4.78 is 0. The Balaban J connectivity index is 4.93. The first-order valence-electron chi connectivity index (χ1n) is 3.32. The Labute approximate surface area is 76.2 Å². The first-order valence-corrected chi connectivity index (χ1v) is 3.70. The van der Waals surface area contributed by atoms with Crippen molar-refractivity contribution >= 4 is 11.6 Å². The van der Waals surface area contributed by atoms with Gasteiger partial charge in [0.1, 0.15) is 0 Å². The van der Waals surface area contributed by atoms with Gasteiger partial charge < -0.3 is 0 Å². The topological polar surface area (TPSA) is 43.1 Å². The van der Waals surface area contributed by atoms with E-state index in [1.54, 1.807) is 19.9 Å². The molecule has 0 unspecified atom stereocenters. The predicted molar refractivity (Wildman–Crippen MR) is 49.5 cm³/mol. The van der Waals surface area contributed by atoms with Gasteiger partial charge in [-0.15, -0.1) is 0 Å². The van der Waals surface area contributed by atoms with Crippen LogP contribution in [0.15, 0.2) is 35.0 Å². The zero-order valence-corrected chi connectivity index (χ0v) is 7.76. The van der Waals surface area contributed by atoms with Gasteiger partial charge in [-0.05, 0) is 13.8 Å². The maximum absolute atomic E-state index is 10.4. The highest BCUT2D eigenvalue weighted by Gasteiger charge is 2.11. The standard InChI is InChI=1S/C8H10ClNO2/c1-4-6(2)8(10(11)12)5-7(3)9/h4-5H,3H2,1-2H3/b6-4-,8-5+. The maximum Gasteiger partial charge on any atom is 0.273 e. The highest BCUT2D eigenvalue weighted by Crippen LogP contribution is 2.13. The van der Waals surface area contributed by atoms with Crippen molar-refractivity contribution in [3.05, 3.63) is 45.1 Å². The zero-order chi connectivity index (χ0) is 9.72. The Morgan fingerprint density at radius 1 is 1.67 bits per heavy atom. The molecule has 0 fully saturated rings. The summed E-state index contributed by atoms with van der Waals surface area (Å²) in [6, 6.07) is 0. The zero-order valence-electron chi connectivity index (χ0n) is 7.00. The Kier molecular flexibility index (Phi) is 4.29. The first kappa shape index (κ1) is 10.9. The molecule has 0 radical (unpaired) electrons. The van der Waals surface area contributed by atoms with Crippen molar-refractivity contribution < 1.29 is 4.92 Å². The van der Waals surface area contributed by atoms with Crippen molar-refractivity contribution in [2.75, 3.05) is 0 Å². The minimum absolute atomic E-state index is 0.0162. The van der Waals surface area contributed by atoms with Crippen LogP contribution in [0.1, 0.15) is 13.8 Å². The monoisotopic (exact) mass is 187 g/mol. The first-order chi connectivity index (χ1) is 5.49. The molecule has 0 heterocycles. The molecule has 0 N–H and O–H groups in total. The van der Waals surface area contributed by atoms with E-state index in [1.165, 1.54) is 6.08 Å². The lowest BCUT2D eigenvalue weighted by Gasteiger charge is -1.96. The SMILES string of the molecule is C=C(Cl)/C=C(\C(C)=C/C)[N+](=O)[O-]. The van der Waals surface area contributed by atoms with Gasteiger partial charge in [0.15, 0.2) is 0 Å². The van der Waals surface area contributed by atoms with Crippen LogP contribution in [0.25, 0.3) is 0 Å². The van der Waals surface area contributed by atoms with Crippen LogP contribution < -0.4 is 0 Å². The summed E-state index contributed by atoms with van der Waals surface area (Å²) in [5.41, 5.74) is 0.555. The summed E-state index contributed by atoms with van der Waals surface area (Å²) in [4.78, 5) is 9.95. The molecule has 0 aromatic carbocycles. The van der Waals surface area contributed by atoms with E-state index in [1.807, 2.05) is 0 Å². The Bertz CT molecular complexity index is 266. The van der Waals surface area contributed by atoms with Crippen LogP contribution in [0.4, 0.5) is 0 Å². The van der Waals surface area contributed by atoms with Gasteiger partial charge in [0.05, 0.1) is 4.92 Å². The molecule has 12 heavy (non-hydrogen) atoms. The summed E-state index contributed by atoms with van der Waals surface area (Å²) >= 11 is 5.42. The second-order valence-corrected chi connectivity index (χ2v) is 2.69. The van der Waals surface area contributed by atoms with E-state index in [2.05, 4.69) is 6.58 Å². The van der Waals surface area contributed by atoms with Crippen LogP contribution in [0.5, 0.6) is 0 Å². The number of halogens is 1. The molecule has 0 aromatic rings. The molecule has 3 nitrogen and oxygen atoms in total. The number of hydrogen-bond donors (Lipinski definition) is 0. The molecular weight excluding hydrogens is 178 g/mol. The lowest BCUT2D eigenvalue weighted by atomic mass is 10.2. The smallest absolute Gasteiger partial charge is 0.258 e. The van der Waals surface area contributed by atoms with Crippen molar-refractivity contribution in [2.45, 2.75) is 13.8 Å². The largest absolute Gasteiger partial charge is 0.273 e. The van der Waals surface area contributed by atoms with Crippen LogP contribution in [0, 0.1) is 10.1 Å².